The van der Waals surface area contributed by atoms with Crippen LogP contribution in [0.2, 0.25) is 0 Å². The van der Waals surface area contributed by atoms with E-state index in [1.54, 1.807) is 28.0 Å². The summed E-state index contributed by atoms with van der Waals surface area (Å²) in [5.74, 6) is 0.793. The fourth-order valence-corrected chi connectivity index (χ4v) is 1.48. The normalized spacial score (nSPS) is 10.5. The number of pyridine rings is 1. The van der Waals surface area contributed by atoms with Gasteiger partial charge in [0.25, 0.3) is 0 Å². The second-order valence-corrected chi connectivity index (χ2v) is 3.28. The first-order chi connectivity index (χ1) is 7.93. The molecule has 0 aromatic carbocycles. The van der Waals surface area contributed by atoms with Crippen molar-refractivity contribution in [3.8, 4) is 11.5 Å². The number of hydrogen-bond acceptors (Lipinski definition) is 3. The van der Waals surface area contributed by atoms with Crippen LogP contribution in [0.3, 0.4) is 0 Å². The third-order valence-electron chi connectivity index (χ3n) is 2.24. The molecule has 16 heavy (non-hydrogen) atoms. The molecule has 0 aliphatic heterocycles. The van der Waals surface area contributed by atoms with Crippen LogP contribution in [-0.4, -0.2) is 24.5 Å². The zero-order chi connectivity index (χ0) is 10.8. The number of hydrogen-bond donors (Lipinski definition) is 0. The fourth-order valence-electron chi connectivity index (χ4n) is 1.48. The van der Waals surface area contributed by atoms with Crippen LogP contribution in [0.15, 0.2) is 55.2 Å². The van der Waals surface area contributed by atoms with Crippen molar-refractivity contribution in [3.63, 3.8) is 0 Å². The van der Waals surface area contributed by atoms with Crippen LogP contribution in [0.1, 0.15) is 0 Å². The van der Waals surface area contributed by atoms with E-state index in [1.165, 1.54) is 0 Å². The first kappa shape index (κ1) is 8.84. The van der Waals surface area contributed by atoms with E-state index in [0.29, 0.717) is 0 Å². The minimum absolute atomic E-state index is 0.793. The average Bonchev–Trinajstić information content (AvgIpc) is 3.03. The predicted molar refractivity (Wildman–Crippen MR) is 58.5 cm³/mol. The molecule has 78 valence electrons. The van der Waals surface area contributed by atoms with Gasteiger partial charge in [0.2, 0.25) is 0 Å². The number of aromatic nitrogens is 5. The highest BCUT2D eigenvalue weighted by Gasteiger charge is 1.99. The van der Waals surface area contributed by atoms with E-state index < -0.39 is 0 Å². The Morgan fingerprint density at radius 1 is 0.875 bits per heavy atom. The summed E-state index contributed by atoms with van der Waals surface area (Å²) in [6.07, 6.45) is 8.97. The molecule has 0 aliphatic rings. The summed E-state index contributed by atoms with van der Waals surface area (Å²) < 4.78 is 3.48. The molecular formula is C11H9N5. The summed E-state index contributed by atoms with van der Waals surface area (Å²) in [5.41, 5.74) is 0.931. The van der Waals surface area contributed by atoms with Gasteiger partial charge in [0.1, 0.15) is 0 Å². The van der Waals surface area contributed by atoms with E-state index >= 15 is 0 Å². The van der Waals surface area contributed by atoms with Crippen molar-refractivity contribution in [2.75, 3.05) is 0 Å². The third kappa shape index (κ3) is 1.48. The smallest absolute Gasteiger partial charge is 0.153 e. The van der Waals surface area contributed by atoms with Crippen molar-refractivity contribution in [2.24, 2.45) is 0 Å². The second kappa shape index (κ2) is 3.62. The van der Waals surface area contributed by atoms with Gasteiger partial charge in [0.15, 0.2) is 5.82 Å². The molecule has 0 N–H and O–H groups in total. The quantitative estimate of drug-likeness (QED) is 0.644. The van der Waals surface area contributed by atoms with E-state index in [2.05, 4.69) is 15.2 Å². The van der Waals surface area contributed by atoms with Crippen LogP contribution in [0.25, 0.3) is 11.5 Å². The monoisotopic (exact) mass is 211 g/mol. The molecule has 3 heterocycles. The van der Waals surface area contributed by atoms with Crippen LogP contribution in [0, 0.1) is 0 Å². The van der Waals surface area contributed by atoms with E-state index in [1.807, 2.05) is 36.7 Å². The van der Waals surface area contributed by atoms with E-state index in [-0.39, 0.29) is 0 Å². The first-order valence-corrected chi connectivity index (χ1v) is 4.89. The summed E-state index contributed by atoms with van der Waals surface area (Å²) in [5, 5.41) is 8.24. The maximum atomic E-state index is 4.32. The maximum absolute atomic E-state index is 4.32. The molecule has 0 aliphatic carbocycles. The molecule has 5 nitrogen and oxygen atoms in total. The Bertz CT molecular complexity index is 498. The van der Waals surface area contributed by atoms with Crippen LogP contribution < -0.4 is 0 Å². The second-order valence-electron chi connectivity index (χ2n) is 3.28. The SMILES string of the molecule is c1cnn(-c2ccc(-n3cccn3)nc2)c1. The third-order valence-corrected chi connectivity index (χ3v) is 2.24. The van der Waals surface area contributed by atoms with E-state index in [9.17, 15) is 0 Å². The molecule has 0 saturated carbocycles. The molecule has 0 unspecified atom stereocenters. The molecule has 3 rings (SSSR count). The summed E-state index contributed by atoms with van der Waals surface area (Å²) in [4.78, 5) is 4.32. The van der Waals surface area contributed by atoms with Gasteiger partial charge in [-0.15, -0.1) is 0 Å². The van der Waals surface area contributed by atoms with Gasteiger partial charge >= 0.3 is 0 Å². The van der Waals surface area contributed by atoms with Crippen LogP contribution >= 0.6 is 0 Å². The lowest BCUT2D eigenvalue weighted by atomic mass is 10.4. The zero-order valence-electron chi connectivity index (χ0n) is 8.43. The van der Waals surface area contributed by atoms with Crippen LogP contribution in [-0.2, 0) is 0 Å². The van der Waals surface area contributed by atoms with Crippen molar-refractivity contribution in [1.29, 1.82) is 0 Å². The minimum atomic E-state index is 0.793. The van der Waals surface area contributed by atoms with Gasteiger partial charge in [-0.1, -0.05) is 0 Å². The molecule has 0 atom stereocenters. The fraction of sp³-hybridized carbons (Fsp3) is 0. The van der Waals surface area contributed by atoms with Crippen LogP contribution in [0.4, 0.5) is 0 Å². The van der Waals surface area contributed by atoms with Gasteiger partial charge < -0.3 is 0 Å². The van der Waals surface area contributed by atoms with Crippen molar-refractivity contribution >= 4 is 0 Å². The summed E-state index contributed by atoms with van der Waals surface area (Å²) >= 11 is 0. The van der Waals surface area contributed by atoms with Gasteiger partial charge in [-0.3, -0.25) is 0 Å². The largest absolute Gasteiger partial charge is 0.239 e. The van der Waals surface area contributed by atoms with E-state index in [4.69, 9.17) is 0 Å². The number of rotatable bonds is 2. The summed E-state index contributed by atoms with van der Waals surface area (Å²) in [6.45, 7) is 0. The Morgan fingerprint density at radius 3 is 2.19 bits per heavy atom. The predicted octanol–water partition coefficient (Wildman–Crippen LogP) is 1.45. The Hall–Kier alpha value is -2.43. The van der Waals surface area contributed by atoms with E-state index in [0.717, 1.165) is 11.5 Å². The number of nitrogens with zero attached hydrogens (tertiary/aromatic N) is 5. The molecule has 3 aromatic rings. The van der Waals surface area contributed by atoms with Gasteiger partial charge in [0.05, 0.1) is 11.9 Å². The highest BCUT2D eigenvalue weighted by Crippen LogP contribution is 2.07. The van der Waals surface area contributed by atoms with Gasteiger partial charge in [0, 0.05) is 24.8 Å². The van der Waals surface area contributed by atoms with Gasteiger partial charge in [-0.2, -0.15) is 10.2 Å². The molecule has 3 aromatic heterocycles. The van der Waals surface area contributed by atoms with Crippen LogP contribution in [0.5, 0.6) is 0 Å². The molecule has 0 fully saturated rings. The molecule has 5 heteroatoms. The van der Waals surface area contributed by atoms with Gasteiger partial charge in [-0.25, -0.2) is 14.3 Å². The molecule has 0 amide bonds. The lowest BCUT2D eigenvalue weighted by Crippen LogP contribution is -2.00. The Labute approximate surface area is 92.0 Å². The molecule has 0 saturated heterocycles. The standard InChI is InChI=1S/C11H9N5/c1-5-13-15(7-1)10-3-4-11(12-9-10)16-8-2-6-14-16/h1-9H. The van der Waals surface area contributed by atoms with Crippen molar-refractivity contribution in [3.05, 3.63) is 55.2 Å². The molecule has 0 spiro atoms. The topological polar surface area (TPSA) is 48.5 Å². The Kier molecular flexibility index (Phi) is 2.00. The zero-order valence-corrected chi connectivity index (χ0v) is 8.43. The highest BCUT2D eigenvalue weighted by molar-refractivity contribution is 5.33. The minimum Gasteiger partial charge on any atom is -0.239 e. The Balaban J connectivity index is 1.97. The van der Waals surface area contributed by atoms with Crippen molar-refractivity contribution < 1.29 is 0 Å². The van der Waals surface area contributed by atoms with Crippen molar-refractivity contribution in [2.45, 2.75) is 0 Å². The summed E-state index contributed by atoms with van der Waals surface area (Å²) in [7, 11) is 0. The average molecular weight is 211 g/mol. The maximum Gasteiger partial charge on any atom is 0.153 e. The van der Waals surface area contributed by atoms with Crippen molar-refractivity contribution in [1.82, 2.24) is 24.5 Å². The summed E-state index contributed by atoms with van der Waals surface area (Å²) in [6, 6.07) is 7.60. The molecular weight excluding hydrogens is 202 g/mol. The highest BCUT2D eigenvalue weighted by atomic mass is 15.3. The lowest BCUT2D eigenvalue weighted by Gasteiger charge is -2.03. The molecule has 0 bridgehead atoms. The lowest BCUT2D eigenvalue weighted by molar-refractivity contribution is 0.831. The van der Waals surface area contributed by atoms with Gasteiger partial charge in [-0.05, 0) is 24.3 Å². The first-order valence-electron chi connectivity index (χ1n) is 4.89. The Morgan fingerprint density at radius 2 is 1.62 bits per heavy atom. The molecule has 0 radical (unpaired) electrons.